The van der Waals surface area contributed by atoms with E-state index in [0.717, 1.165) is 44.9 Å². The SMILES string of the molecule is CCCCCC=CCC=CCC=CCCCCC(=O)OCC(COP(=O)(O)OCCN)OC=CCCCCCCCCCCCCCC. The van der Waals surface area contributed by atoms with Crippen molar-refractivity contribution in [2.45, 2.75) is 168 Å². The fraction of sp³-hybridized carbons (Fsp3) is 0.769. The summed E-state index contributed by atoms with van der Waals surface area (Å²) in [5.41, 5.74) is 5.35. The predicted octanol–water partition coefficient (Wildman–Crippen LogP) is 11.2. The highest BCUT2D eigenvalue weighted by atomic mass is 31.2. The lowest BCUT2D eigenvalue weighted by Crippen LogP contribution is -2.25. The van der Waals surface area contributed by atoms with Gasteiger partial charge in [-0.1, -0.05) is 134 Å². The van der Waals surface area contributed by atoms with Gasteiger partial charge in [-0.25, -0.2) is 4.57 Å². The van der Waals surface area contributed by atoms with E-state index in [1.807, 2.05) is 6.08 Å². The number of carbonyl (C=O) groups excluding carboxylic acids is 1. The number of esters is 1. The summed E-state index contributed by atoms with van der Waals surface area (Å²) in [6.07, 6.45) is 42.2. The molecule has 0 aliphatic carbocycles. The molecule has 48 heavy (non-hydrogen) atoms. The van der Waals surface area contributed by atoms with E-state index in [9.17, 15) is 14.3 Å². The fourth-order valence-electron chi connectivity index (χ4n) is 4.93. The first-order valence-corrected chi connectivity index (χ1v) is 20.7. The molecule has 0 radical (unpaired) electrons. The van der Waals surface area contributed by atoms with E-state index in [4.69, 9.17) is 24.3 Å². The minimum absolute atomic E-state index is 0.0845. The van der Waals surface area contributed by atoms with Crippen LogP contribution in [0.2, 0.25) is 0 Å². The number of nitrogens with two attached hydrogens (primary N) is 1. The maximum atomic E-state index is 12.3. The molecule has 0 spiro atoms. The first kappa shape index (κ1) is 46.3. The van der Waals surface area contributed by atoms with Crippen molar-refractivity contribution in [1.82, 2.24) is 0 Å². The van der Waals surface area contributed by atoms with Crippen molar-refractivity contribution >= 4 is 13.8 Å². The van der Waals surface area contributed by atoms with Gasteiger partial charge in [-0.3, -0.25) is 13.8 Å². The van der Waals surface area contributed by atoms with Gasteiger partial charge in [0.2, 0.25) is 0 Å². The van der Waals surface area contributed by atoms with Gasteiger partial charge < -0.3 is 20.1 Å². The van der Waals surface area contributed by atoms with E-state index < -0.39 is 13.9 Å². The zero-order chi connectivity index (χ0) is 35.2. The molecule has 9 heteroatoms. The van der Waals surface area contributed by atoms with Gasteiger partial charge >= 0.3 is 13.8 Å². The highest BCUT2D eigenvalue weighted by molar-refractivity contribution is 7.47. The number of phosphoric ester groups is 1. The molecule has 0 amide bonds. The van der Waals surface area contributed by atoms with Crippen LogP contribution in [0.15, 0.2) is 48.8 Å². The number of allylic oxidation sites excluding steroid dienone is 7. The third-order valence-corrected chi connectivity index (χ3v) is 8.82. The molecule has 8 nitrogen and oxygen atoms in total. The molecule has 0 aromatic rings. The number of rotatable bonds is 36. The van der Waals surface area contributed by atoms with Gasteiger partial charge in [-0.05, 0) is 63.9 Å². The van der Waals surface area contributed by atoms with E-state index in [0.29, 0.717) is 6.42 Å². The number of carbonyl (C=O) groups is 1. The van der Waals surface area contributed by atoms with Crippen molar-refractivity contribution in [3.63, 3.8) is 0 Å². The second kappa shape index (κ2) is 36.6. The van der Waals surface area contributed by atoms with Crippen molar-refractivity contribution in [1.29, 1.82) is 0 Å². The average Bonchev–Trinajstić information content (AvgIpc) is 3.08. The van der Waals surface area contributed by atoms with Crippen molar-refractivity contribution in [2.75, 3.05) is 26.4 Å². The maximum absolute atomic E-state index is 12.3. The van der Waals surface area contributed by atoms with Gasteiger partial charge in [0.05, 0.1) is 19.5 Å². The predicted molar refractivity (Wildman–Crippen MR) is 201 cm³/mol. The van der Waals surface area contributed by atoms with Crippen LogP contribution in [-0.4, -0.2) is 43.3 Å². The highest BCUT2D eigenvalue weighted by Crippen LogP contribution is 2.43. The molecule has 0 heterocycles. The smallest absolute Gasteiger partial charge is 0.472 e. The number of unbranched alkanes of at least 4 members (excludes halogenated alkanes) is 17. The summed E-state index contributed by atoms with van der Waals surface area (Å²) >= 11 is 0. The summed E-state index contributed by atoms with van der Waals surface area (Å²) < 4.78 is 33.0. The molecular formula is C39H72NO7P. The first-order chi connectivity index (χ1) is 23.4. The lowest BCUT2D eigenvalue weighted by Gasteiger charge is -2.19. The van der Waals surface area contributed by atoms with Gasteiger partial charge in [0, 0.05) is 13.0 Å². The minimum atomic E-state index is -4.27. The van der Waals surface area contributed by atoms with Crippen molar-refractivity contribution in [2.24, 2.45) is 5.73 Å². The Bertz CT molecular complexity index is 874. The summed E-state index contributed by atoms with van der Waals surface area (Å²) in [4.78, 5) is 22.2. The van der Waals surface area contributed by atoms with E-state index in [1.165, 1.54) is 96.3 Å². The molecule has 0 fully saturated rings. The number of hydrogen-bond donors (Lipinski definition) is 2. The van der Waals surface area contributed by atoms with Crippen molar-refractivity contribution < 1.29 is 32.8 Å². The Morgan fingerprint density at radius 1 is 0.646 bits per heavy atom. The van der Waals surface area contributed by atoms with Gasteiger partial charge in [0.25, 0.3) is 0 Å². The summed E-state index contributed by atoms with van der Waals surface area (Å²) in [5.74, 6) is -0.328. The Morgan fingerprint density at radius 3 is 1.71 bits per heavy atom. The van der Waals surface area contributed by atoms with Crippen LogP contribution in [0.25, 0.3) is 0 Å². The molecule has 0 aromatic carbocycles. The molecule has 0 saturated carbocycles. The fourth-order valence-corrected chi connectivity index (χ4v) is 5.69. The third-order valence-electron chi connectivity index (χ3n) is 7.84. The highest BCUT2D eigenvalue weighted by Gasteiger charge is 2.24. The van der Waals surface area contributed by atoms with Gasteiger partial charge in [-0.15, -0.1) is 0 Å². The quantitative estimate of drug-likeness (QED) is 0.0218. The first-order valence-electron chi connectivity index (χ1n) is 19.2. The molecule has 0 saturated heterocycles. The number of hydrogen-bond acceptors (Lipinski definition) is 7. The summed E-state index contributed by atoms with van der Waals surface area (Å²) in [6, 6.07) is 0. The number of phosphoric acid groups is 1. The van der Waals surface area contributed by atoms with Gasteiger partial charge in [0.15, 0.2) is 6.10 Å². The van der Waals surface area contributed by atoms with Crippen LogP contribution in [0.5, 0.6) is 0 Å². The Balaban J connectivity index is 4.22. The number of ether oxygens (including phenoxy) is 2. The molecule has 0 aliphatic rings. The molecule has 2 atom stereocenters. The van der Waals surface area contributed by atoms with Crippen LogP contribution in [-0.2, 0) is 27.9 Å². The van der Waals surface area contributed by atoms with Crippen molar-refractivity contribution in [3.05, 3.63) is 48.8 Å². The van der Waals surface area contributed by atoms with Crippen LogP contribution in [0.3, 0.4) is 0 Å². The molecule has 0 aliphatic heterocycles. The lowest BCUT2D eigenvalue weighted by molar-refractivity contribution is -0.147. The van der Waals surface area contributed by atoms with E-state index >= 15 is 0 Å². The van der Waals surface area contributed by atoms with Crippen LogP contribution >= 0.6 is 7.82 Å². The average molecular weight is 698 g/mol. The molecule has 0 rings (SSSR count). The Labute approximate surface area is 294 Å². The minimum Gasteiger partial charge on any atom is -0.492 e. The Hall–Kier alpha value is -1.70. The Morgan fingerprint density at radius 2 is 1.12 bits per heavy atom. The topological polar surface area (TPSA) is 117 Å². The van der Waals surface area contributed by atoms with E-state index in [2.05, 4.69) is 50.3 Å². The monoisotopic (exact) mass is 698 g/mol. The largest absolute Gasteiger partial charge is 0.492 e. The second-order valence-electron chi connectivity index (χ2n) is 12.5. The van der Waals surface area contributed by atoms with E-state index in [1.54, 1.807) is 6.26 Å². The normalized spacial score (nSPS) is 14.1. The van der Waals surface area contributed by atoms with Crippen molar-refractivity contribution in [3.8, 4) is 0 Å². The molecule has 3 N–H and O–H groups in total. The maximum Gasteiger partial charge on any atom is 0.472 e. The molecule has 0 aromatic heterocycles. The van der Waals surface area contributed by atoms with E-state index in [-0.39, 0.29) is 32.3 Å². The van der Waals surface area contributed by atoms with Crippen LogP contribution in [0.4, 0.5) is 0 Å². The standard InChI is InChI=1S/C39H72NO7P/c1-3-5-7-9-11-13-15-17-19-20-22-24-26-28-30-32-39(41)45-36-38(37-47-48(42,43)46-35-33-40)44-34-31-29-27-25-23-21-18-16-14-12-10-8-6-4-2/h11,13,17,19,22,24,31,34,38H,3-10,12,14-16,18,20-21,23,25-30,32-33,35-37,40H2,1-2H3,(H,42,43). The Kier molecular flexibility index (Phi) is 35.3. The van der Waals surface area contributed by atoms with Gasteiger partial charge in [0.1, 0.15) is 6.61 Å². The summed E-state index contributed by atoms with van der Waals surface area (Å²) in [6.45, 7) is 4.13. The van der Waals surface area contributed by atoms with Crippen LogP contribution in [0, 0.1) is 0 Å². The summed E-state index contributed by atoms with van der Waals surface area (Å²) in [5, 5.41) is 0. The summed E-state index contributed by atoms with van der Waals surface area (Å²) in [7, 11) is -4.27. The molecule has 2 unspecified atom stereocenters. The molecule has 0 bridgehead atoms. The van der Waals surface area contributed by atoms with Gasteiger partial charge in [-0.2, -0.15) is 0 Å². The zero-order valence-electron chi connectivity index (χ0n) is 30.7. The van der Waals surface area contributed by atoms with Crippen LogP contribution in [0.1, 0.15) is 162 Å². The molecule has 280 valence electrons. The van der Waals surface area contributed by atoms with Crippen LogP contribution < -0.4 is 5.73 Å². The second-order valence-corrected chi connectivity index (χ2v) is 14.0. The lowest BCUT2D eigenvalue weighted by atomic mass is 10.0. The third kappa shape index (κ3) is 35.6. The molecular weight excluding hydrogens is 625 g/mol. The zero-order valence-corrected chi connectivity index (χ0v) is 31.6.